The van der Waals surface area contributed by atoms with Gasteiger partial charge < -0.3 is 4.74 Å². The second-order valence-corrected chi connectivity index (χ2v) is 9.10. The Balaban J connectivity index is 2.02. The maximum atomic E-state index is 12.9. The summed E-state index contributed by atoms with van der Waals surface area (Å²) >= 11 is 1.39. The van der Waals surface area contributed by atoms with Gasteiger partial charge in [-0.15, -0.1) is 11.3 Å². The van der Waals surface area contributed by atoms with E-state index in [1.54, 1.807) is 49.4 Å². The van der Waals surface area contributed by atoms with Crippen LogP contribution in [0, 0.1) is 0 Å². The quantitative estimate of drug-likeness (QED) is 0.533. The maximum Gasteiger partial charge on any atom is 0.206 e. The smallest absolute Gasteiger partial charge is 0.206 e. The number of benzene rings is 2. The Hall–Kier alpha value is -2.44. The molecule has 0 N–H and O–H groups in total. The van der Waals surface area contributed by atoms with Gasteiger partial charge in [-0.2, -0.15) is 0 Å². The van der Waals surface area contributed by atoms with Crippen molar-refractivity contribution < 1.29 is 17.9 Å². The van der Waals surface area contributed by atoms with E-state index in [0.717, 1.165) is 11.1 Å². The summed E-state index contributed by atoms with van der Waals surface area (Å²) in [5, 5.41) is 1.87. The fourth-order valence-corrected chi connectivity index (χ4v) is 4.29. The third-order valence-electron chi connectivity index (χ3n) is 4.20. The van der Waals surface area contributed by atoms with E-state index in [-0.39, 0.29) is 11.5 Å². The molecule has 0 saturated heterocycles. The molecular weight excluding hydrogens is 380 g/mol. The normalized spacial score (nSPS) is 11.3. The molecular formula is C21H20O4S2. The van der Waals surface area contributed by atoms with Crippen LogP contribution in [0.2, 0.25) is 0 Å². The van der Waals surface area contributed by atoms with E-state index < -0.39 is 9.84 Å². The number of hydrogen-bond donors (Lipinski definition) is 0. The molecule has 0 fully saturated rings. The highest BCUT2D eigenvalue weighted by Gasteiger charge is 2.17. The van der Waals surface area contributed by atoms with E-state index in [4.69, 9.17) is 4.74 Å². The van der Waals surface area contributed by atoms with Crippen LogP contribution in [0.4, 0.5) is 0 Å². The third-order valence-corrected chi connectivity index (χ3v) is 6.81. The second-order valence-electron chi connectivity index (χ2n) is 5.88. The van der Waals surface area contributed by atoms with Crippen molar-refractivity contribution in [2.24, 2.45) is 0 Å². The van der Waals surface area contributed by atoms with Crippen molar-refractivity contribution in [1.29, 1.82) is 0 Å². The standard InChI is InChI=1S/C21H20O4S2/c1-3-25-19-12-9-16(14-18(19)21(22)20-6-5-13-26-20)15-7-10-17(11-8-15)27(23,24)4-2/h5-14H,3-4H2,1-2H3. The van der Waals surface area contributed by atoms with Gasteiger partial charge >= 0.3 is 0 Å². The fraction of sp³-hybridized carbons (Fsp3) is 0.190. The topological polar surface area (TPSA) is 60.4 Å². The van der Waals surface area contributed by atoms with E-state index in [0.29, 0.717) is 27.7 Å². The molecule has 27 heavy (non-hydrogen) atoms. The zero-order chi connectivity index (χ0) is 19.4. The first-order valence-corrected chi connectivity index (χ1v) is 11.2. The van der Waals surface area contributed by atoms with Crippen LogP contribution in [-0.2, 0) is 9.84 Å². The number of rotatable bonds is 7. The molecule has 0 aliphatic rings. The molecule has 0 aliphatic heterocycles. The van der Waals surface area contributed by atoms with Gasteiger partial charge in [0.15, 0.2) is 9.84 Å². The molecule has 1 heterocycles. The molecule has 3 rings (SSSR count). The number of ketones is 1. The van der Waals surface area contributed by atoms with Gasteiger partial charge in [-0.1, -0.05) is 31.2 Å². The van der Waals surface area contributed by atoms with Gasteiger partial charge in [0, 0.05) is 0 Å². The van der Waals surface area contributed by atoms with Crippen LogP contribution in [0.15, 0.2) is 64.9 Å². The van der Waals surface area contributed by atoms with Crippen LogP contribution in [0.25, 0.3) is 11.1 Å². The van der Waals surface area contributed by atoms with Crippen molar-refractivity contribution in [3.63, 3.8) is 0 Å². The van der Waals surface area contributed by atoms with Crippen LogP contribution in [-0.4, -0.2) is 26.6 Å². The van der Waals surface area contributed by atoms with E-state index in [9.17, 15) is 13.2 Å². The first-order chi connectivity index (χ1) is 13.0. The fourth-order valence-electron chi connectivity index (χ4n) is 2.73. The Kier molecular flexibility index (Phi) is 5.77. The van der Waals surface area contributed by atoms with Gasteiger partial charge in [-0.25, -0.2) is 8.42 Å². The number of carbonyl (C=O) groups excluding carboxylic acids is 1. The summed E-state index contributed by atoms with van der Waals surface area (Å²) in [4.78, 5) is 13.8. The van der Waals surface area contributed by atoms with E-state index in [2.05, 4.69) is 0 Å². The molecule has 0 bridgehead atoms. The summed E-state index contributed by atoms with van der Waals surface area (Å²) in [5.41, 5.74) is 2.18. The number of carbonyl (C=O) groups is 1. The first kappa shape index (κ1) is 19.3. The van der Waals surface area contributed by atoms with Crippen molar-refractivity contribution in [1.82, 2.24) is 0 Å². The van der Waals surface area contributed by atoms with Crippen molar-refractivity contribution >= 4 is 27.0 Å². The minimum absolute atomic E-state index is 0.0643. The first-order valence-electron chi connectivity index (χ1n) is 8.64. The molecule has 4 nitrogen and oxygen atoms in total. The summed E-state index contributed by atoms with van der Waals surface area (Å²) in [6.45, 7) is 3.96. The lowest BCUT2D eigenvalue weighted by atomic mass is 10.00. The molecule has 0 radical (unpaired) electrons. The molecule has 2 aromatic carbocycles. The lowest BCUT2D eigenvalue weighted by molar-refractivity contribution is 0.103. The molecule has 0 aliphatic carbocycles. The van der Waals surface area contributed by atoms with Crippen LogP contribution in [0.1, 0.15) is 29.1 Å². The van der Waals surface area contributed by atoms with Crippen molar-refractivity contribution in [2.75, 3.05) is 12.4 Å². The predicted octanol–water partition coefficient (Wildman–Crippen LogP) is 4.84. The lowest BCUT2D eigenvalue weighted by Gasteiger charge is -2.12. The Labute approximate surface area is 163 Å². The molecule has 140 valence electrons. The van der Waals surface area contributed by atoms with E-state index in [1.165, 1.54) is 11.3 Å². The van der Waals surface area contributed by atoms with Gasteiger partial charge in [0.1, 0.15) is 5.75 Å². The van der Waals surface area contributed by atoms with Crippen LogP contribution in [0.3, 0.4) is 0 Å². The molecule has 0 amide bonds. The summed E-state index contributed by atoms with van der Waals surface area (Å²) in [6, 6.07) is 15.8. The predicted molar refractivity (Wildman–Crippen MR) is 109 cm³/mol. The number of sulfone groups is 1. The molecule has 0 unspecified atom stereocenters. The van der Waals surface area contributed by atoms with Crippen LogP contribution in [0.5, 0.6) is 5.75 Å². The third kappa shape index (κ3) is 4.12. The Bertz CT molecular complexity index is 1030. The zero-order valence-corrected chi connectivity index (χ0v) is 16.8. The van der Waals surface area contributed by atoms with Gasteiger partial charge in [-0.05, 0) is 53.8 Å². The minimum atomic E-state index is -3.24. The second kappa shape index (κ2) is 8.06. The van der Waals surface area contributed by atoms with Crippen molar-refractivity contribution in [2.45, 2.75) is 18.7 Å². The summed E-state index contributed by atoms with van der Waals surface area (Å²) in [5.74, 6) is 0.528. The molecule has 0 saturated carbocycles. The van der Waals surface area contributed by atoms with E-state index in [1.807, 2.05) is 24.4 Å². The lowest BCUT2D eigenvalue weighted by Crippen LogP contribution is -2.05. The van der Waals surface area contributed by atoms with Gasteiger partial charge in [0.25, 0.3) is 0 Å². The highest BCUT2D eigenvalue weighted by atomic mass is 32.2. The largest absolute Gasteiger partial charge is 0.493 e. The SMILES string of the molecule is CCOc1ccc(-c2ccc(S(=O)(=O)CC)cc2)cc1C(=O)c1cccs1. The Morgan fingerprint density at radius 1 is 1.00 bits per heavy atom. The highest BCUT2D eigenvalue weighted by molar-refractivity contribution is 7.91. The molecule has 1 aromatic heterocycles. The summed E-state index contributed by atoms with van der Waals surface area (Å²) < 4.78 is 29.6. The monoisotopic (exact) mass is 400 g/mol. The van der Waals surface area contributed by atoms with Crippen LogP contribution < -0.4 is 4.74 Å². The minimum Gasteiger partial charge on any atom is -0.493 e. The van der Waals surface area contributed by atoms with Crippen molar-refractivity contribution in [3.05, 3.63) is 70.4 Å². The Morgan fingerprint density at radius 2 is 1.70 bits per heavy atom. The molecule has 0 atom stereocenters. The van der Waals surface area contributed by atoms with E-state index >= 15 is 0 Å². The van der Waals surface area contributed by atoms with Gasteiger partial charge in [-0.3, -0.25) is 4.79 Å². The van der Waals surface area contributed by atoms with Gasteiger partial charge in [0.2, 0.25) is 5.78 Å². The summed E-state index contributed by atoms with van der Waals surface area (Å²) in [6.07, 6.45) is 0. The number of thiophene rings is 1. The highest BCUT2D eigenvalue weighted by Crippen LogP contribution is 2.30. The number of hydrogen-bond acceptors (Lipinski definition) is 5. The average molecular weight is 401 g/mol. The maximum absolute atomic E-state index is 12.9. The Morgan fingerprint density at radius 3 is 2.30 bits per heavy atom. The molecule has 6 heteroatoms. The van der Waals surface area contributed by atoms with Crippen molar-refractivity contribution in [3.8, 4) is 16.9 Å². The number of ether oxygens (including phenoxy) is 1. The molecule has 3 aromatic rings. The van der Waals surface area contributed by atoms with Crippen LogP contribution >= 0.6 is 11.3 Å². The summed E-state index contributed by atoms with van der Waals surface area (Å²) in [7, 11) is -3.24. The van der Waals surface area contributed by atoms with Gasteiger partial charge in [0.05, 0.1) is 27.7 Å². The zero-order valence-electron chi connectivity index (χ0n) is 15.1. The average Bonchev–Trinajstić information content (AvgIpc) is 3.23. The molecule has 0 spiro atoms.